The van der Waals surface area contributed by atoms with Gasteiger partial charge in [0.25, 0.3) is 0 Å². The van der Waals surface area contributed by atoms with Crippen LogP contribution in [0.5, 0.6) is 0 Å². The fourth-order valence-electron chi connectivity index (χ4n) is 7.72. The Labute approximate surface area is 408 Å². The number of ether oxygens (including phenoxy) is 3. The molecule has 0 N–H and O–H groups in total. The average molecular weight is 921 g/mol. The highest BCUT2D eigenvalue weighted by atomic mass is 16.6. The van der Waals surface area contributed by atoms with Gasteiger partial charge in [0, 0.05) is 19.3 Å². The molecule has 0 aliphatic carbocycles. The van der Waals surface area contributed by atoms with Gasteiger partial charge in [-0.1, -0.05) is 216 Å². The van der Waals surface area contributed by atoms with Crippen LogP contribution in [-0.2, 0) is 28.6 Å². The number of hydrogen-bond acceptors (Lipinski definition) is 6. The van der Waals surface area contributed by atoms with E-state index in [1.807, 2.05) is 0 Å². The topological polar surface area (TPSA) is 78.9 Å². The molecule has 0 amide bonds. The van der Waals surface area contributed by atoms with E-state index in [-0.39, 0.29) is 37.5 Å². The van der Waals surface area contributed by atoms with Gasteiger partial charge in [-0.05, 0) is 109 Å². The Morgan fingerprint density at radius 1 is 0.318 bits per heavy atom. The maximum atomic E-state index is 12.8. The minimum absolute atomic E-state index is 0.0953. The zero-order valence-corrected chi connectivity index (χ0v) is 43.4. The summed E-state index contributed by atoms with van der Waals surface area (Å²) in [5.74, 6) is -0.944. The van der Waals surface area contributed by atoms with Crippen LogP contribution in [0.25, 0.3) is 0 Å². The van der Waals surface area contributed by atoms with Crippen LogP contribution < -0.4 is 0 Å². The molecule has 6 heteroatoms. The highest BCUT2D eigenvalue weighted by Crippen LogP contribution is 2.15. The molecule has 0 rings (SSSR count). The summed E-state index contributed by atoms with van der Waals surface area (Å²) in [6.07, 6.45) is 69.0. The van der Waals surface area contributed by atoms with Gasteiger partial charge in [-0.3, -0.25) is 14.4 Å². The quantitative estimate of drug-likeness (QED) is 0.0262. The van der Waals surface area contributed by atoms with Crippen LogP contribution in [-0.4, -0.2) is 37.2 Å². The summed E-state index contributed by atoms with van der Waals surface area (Å²) >= 11 is 0. The van der Waals surface area contributed by atoms with Gasteiger partial charge < -0.3 is 14.2 Å². The molecule has 1 atom stereocenters. The van der Waals surface area contributed by atoms with Crippen LogP contribution in [0.1, 0.15) is 271 Å². The van der Waals surface area contributed by atoms with Crippen molar-refractivity contribution in [2.75, 3.05) is 13.2 Å². The molecule has 6 nitrogen and oxygen atoms in total. The number of carbonyl (C=O) groups excluding carboxylic acids is 3. The monoisotopic (exact) mass is 921 g/mol. The van der Waals surface area contributed by atoms with E-state index in [1.165, 1.54) is 141 Å². The van der Waals surface area contributed by atoms with E-state index < -0.39 is 6.10 Å². The predicted molar refractivity (Wildman–Crippen MR) is 284 cm³/mol. The fraction of sp³-hybridized carbons (Fsp3) is 0.750. The van der Waals surface area contributed by atoms with E-state index in [4.69, 9.17) is 14.2 Å². The van der Waals surface area contributed by atoms with E-state index in [0.29, 0.717) is 19.3 Å². The predicted octanol–water partition coefficient (Wildman–Crippen LogP) is 18.6. The minimum atomic E-state index is -0.800. The van der Waals surface area contributed by atoms with Crippen molar-refractivity contribution in [3.05, 3.63) is 72.9 Å². The van der Waals surface area contributed by atoms with Gasteiger partial charge in [0.15, 0.2) is 6.10 Å². The Bertz CT molecular complexity index is 1240. The Morgan fingerprint density at radius 2 is 0.591 bits per heavy atom. The summed E-state index contributed by atoms with van der Waals surface area (Å²) in [5, 5.41) is 0. The van der Waals surface area contributed by atoms with Gasteiger partial charge in [-0.25, -0.2) is 0 Å². The van der Waals surface area contributed by atoms with Crippen molar-refractivity contribution in [3.63, 3.8) is 0 Å². The molecule has 0 saturated carbocycles. The summed E-state index contributed by atoms with van der Waals surface area (Å²) in [4.78, 5) is 38.0. The molecule has 0 fully saturated rings. The number of rotatable bonds is 50. The largest absolute Gasteiger partial charge is 0.462 e. The van der Waals surface area contributed by atoms with Crippen LogP contribution in [0.15, 0.2) is 72.9 Å². The van der Waals surface area contributed by atoms with Crippen molar-refractivity contribution in [2.45, 2.75) is 277 Å². The molecule has 66 heavy (non-hydrogen) atoms. The molecule has 380 valence electrons. The van der Waals surface area contributed by atoms with E-state index in [2.05, 4.69) is 93.7 Å². The first kappa shape index (κ1) is 62.8. The lowest BCUT2D eigenvalue weighted by Gasteiger charge is -2.18. The fourth-order valence-corrected chi connectivity index (χ4v) is 7.72. The molecule has 1 unspecified atom stereocenters. The van der Waals surface area contributed by atoms with Crippen LogP contribution >= 0.6 is 0 Å². The zero-order chi connectivity index (χ0) is 47.9. The van der Waals surface area contributed by atoms with E-state index in [0.717, 1.165) is 83.5 Å². The third-order valence-electron chi connectivity index (χ3n) is 11.9. The zero-order valence-electron chi connectivity index (χ0n) is 43.4. The third-order valence-corrected chi connectivity index (χ3v) is 11.9. The number of esters is 3. The maximum absolute atomic E-state index is 12.8. The van der Waals surface area contributed by atoms with Gasteiger partial charge in [0.1, 0.15) is 13.2 Å². The van der Waals surface area contributed by atoms with Gasteiger partial charge in [-0.2, -0.15) is 0 Å². The molecule has 0 aromatic rings. The number of carbonyl (C=O) groups is 3. The lowest BCUT2D eigenvalue weighted by atomic mass is 10.1. The highest BCUT2D eigenvalue weighted by molar-refractivity contribution is 5.71. The number of allylic oxidation sites excluding steroid dienone is 12. The molecule has 0 aromatic carbocycles. The first-order valence-electron chi connectivity index (χ1n) is 27.9. The summed E-state index contributed by atoms with van der Waals surface area (Å²) < 4.78 is 16.8. The van der Waals surface area contributed by atoms with E-state index >= 15 is 0 Å². The normalized spacial score (nSPS) is 12.6. The number of unbranched alkanes of at least 4 members (excludes halogenated alkanes) is 27. The van der Waals surface area contributed by atoms with Crippen molar-refractivity contribution in [2.24, 2.45) is 0 Å². The van der Waals surface area contributed by atoms with Gasteiger partial charge in [-0.15, -0.1) is 0 Å². The average Bonchev–Trinajstić information content (AvgIpc) is 3.31. The molecule has 0 heterocycles. The second-order valence-electron chi connectivity index (χ2n) is 18.5. The molecular weight excluding hydrogens is 817 g/mol. The SMILES string of the molecule is CC/C=C\C/C=C\C/C=C\C/C=C\CCCCC(=O)OC(COC(=O)CCCCCCC/C=C\CCCCC)COC(=O)CCCCCCCCCCC/C=C\CCCCCCCCCC. The van der Waals surface area contributed by atoms with Gasteiger partial charge in [0.05, 0.1) is 0 Å². The second kappa shape index (κ2) is 54.5. The standard InChI is InChI=1S/C60H104O6/c1-4-7-10-13-16-19-22-25-27-28-29-30-31-32-34-35-38-41-44-47-50-53-59(62)65-56-57(55-64-58(61)52-49-46-43-40-37-24-21-18-15-12-9-6-3)66-60(63)54-51-48-45-42-39-36-33-26-23-20-17-14-11-8-5-2/h8,11,17-18,20-21,26,28-29,33,39,42,57H,4-7,9-10,12-16,19,22-25,27,30-32,34-38,40-41,43-56H2,1-3H3/b11-8-,20-17-,21-18-,29-28-,33-26-,42-39-. The summed E-state index contributed by atoms with van der Waals surface area (Å²) in [5.41, 5.74) is 0. The smallest absolute Gasteiger partial charge is 0.306 e. The lowest BCUT2D eigenvalue weighted by Crippen LogP contribution is -2.30. The summed E-state index contributed by atoms with van der Waals surface area (Å²) in [6, 6.07) is 0. The highest BCUT2D eigenvalue weighted by Gasteiger charge is 2.19. The molecule has 0 aromatic heterocycles. The molecule has 0 aliphatic heterocycles. The Hall–Kier alpha value is -3.15. The third kappa shape index (κ3) is 51.8. The van der Waals surface area contributed by atoms with Crippen LogP contribution in [0, 0.1) is 0 Å². The lowest BCUT2D eigenvalue weighted by molar-refractivity contribution is -0.167. The number of hydrogen-bond donors (Lipinski definition) is 0. The van der Waals surface area contributed by atoms with Crippen molar-refractivity contribution >= 4 is 17.9 Å². The van der Waals surface area contributed by atoms with E-state index in [9.17, 15) is 14.4 Å². The first-order valence-corrected chi connectivity index (χ1v) is 27.9. The van der Waals surface area contributed by atoms with Crippen LogP contribution in [0.3, 0.4) is 0 Å². The van der Waals surface area contributed by atoms with Crippen molar-refractivity contribution < 1.29 is 28.6 Å². The molecule has 0 saturated heterocycles. The Morgan fingerprint density at radius 3 is 1.00 bits per heavy atom. The maximum Gasteiger partial charge on any atom is 0.306 e. The van der Waals surface area contributed by atoms with E-state index in [1.54, 1.807) is 0 Å². The van der Waals surface area contributed by atoms with Gasteiger partial charge >= 0.3 is 17.9 Å². The summed E-state index contributed by atoms with van der Waals surface area (Å²) in [6.45, 7) is 6.47. The second-order valence-corrected chi connectivity index (χ2v) is 18.5. The molecule has 0 bridgehead atoms. The molecular formula is C60H104O6. The molecule has 0 spiro atoms. The Balaban J connectivity index is 4.37. The van der Waals surface area contributed by atoms with Crippen molar-refractivity contribution in [3.8, 4) is 0 Å². The van der Waals surface area contributed by atoms with Gasteiger partial charge in [0.2, 0.25) is 0 Å². The molecule has 0 radical (unpaired) electrons. The first-order chi connectivity index (χ1) is 32.5. The Kier molecular flexibility index (Phi) is 51.9. The van der Waals surface area contributed by atoms with Crippen molar-refractivity contribution in [1.82, 2.24) is 0 Å². The molecule has 0 aliphatic rings. The minimum Gasteiger partial charge on any atom is -0.462 e. The van der Waals surface area contributed by atoms with Crippen LogP contribution in [0.4, 0.5) is 0 Å². The van der Waals surface area contributed by atoms with Crippen LogP contribution in [0.2, 0.25) is 0 Å². The van der Waals surface area contributed by atoms with Crippen molar-refractivity contribution in [1.29, 1.82) is 0 Å². The summed E-state index contributed by atoms with van der Waals surface area (Å²) in [7, 11) is 0.